The Morgan fingerprint density at radius 3 is 2.61 bits per heavy atom. The Morgan fingerprint density at radius 2 is 2.00 bits per heavy atom. The quantitative estimate of drug-likeness (QED) is 0.883. The number of hydrogen-bond donors (Lipinski definition) is 1. The van der Waals surface area contributed by atoms with Crippen molar-refractivity contribution in [3.05, 3.63) is 53.8 Å². The Morgan fingerprint density at radius 1 is 1.28 bits per heavy atom. The molecule has 0 saturated heterocycles. The molecule has 1 amide bonds. The molecule has 0 radical (unpaired) electrons. The molecule has 0 atom stereocenters. The molecule has 1 N–H and O–H groups in total. The Bertz CT molecular complexity index is 483. The van der Waals surface area contributed by atoms with Crippen LogP contribution < -0.4 is 5.32 Å². The van der Waals surface area contributed by atoms with Crippen LogP contribution in [0.15, 0.2) is 42.6 Å². The van der Waals surface area contributed by atoms with Crippen molar-refractivity contribution in [1.82, 2.24) is 4.90 Å². The van der Waals surface area contributed by atoms with Crippen LogP contribution in [0, 0.1) is 13.8 Å². The van der Waals surface area contributed by atoms with Gasteiger partial charge >= 0.3 is 0 Å². The lowest BCUT2D eigenvalue weighted by molar-refractivity contribution is -0.116. The van der Waals surface area contributed by atoms with E-state index < -0.39 is 0 Å². The highest BCUT2D eigenvalue weighted by atomic mass is 16.2. The fourth-order valence-electron chi connectivity index (χ4n) is 2.00. The van der Waals surface area contributed by atoms with Crippen LogP contribution in [-0.2, 0) is 4.79 Å². The van der Waals surface area contributed by atoms with Crippen LogP contribution in [0.5, 0.6) is 0 Å². The van der Waals surface area contributed by atoms with E-state index in [1.54, 1.807) is 0 Å². The minimum Gasteiger partial charge on any atom is -0.364 e. The van der Waals surface area contributed by atoms with Crippen molar-refractivity contribution >= 4 is 11.6 Å². The van der Waals surface area contributed by atoms with Crippen molar-refractivity contribution < 1.29 is 4.79 Å². The molecule has 0 aromatic heterocycles. The summed E-state index contributed by atoms with van der Waals surface area (Å²) < 4.78 is 0. The number of anilines is 1. The predicted octanol–water partition coefficient (Wildman–Crippen LogP) is 2.63. The van der Waals surface area contributed by atoms with Gasteiger partial charge in [-0.15, -0.1) is 0 Å². The van der Waals surface area contributed by atoms with Crippen molar-refractivity contribution in [3.63, 3.8) is 0 Å². The summed E-state index contributed by atoms with van der Waals surface area (Å²) in [4.78, 5) is 13.9. The van der Waals surface area contributed by atoms with Gasteiger partial charge in [0.15, 0.2) is 0 Å². The maximum Gasteiger partial charge on any atom is 0.243 e. The summed E-state index contributed by atoms with van der Waals surface area (Å²) in [5.41, 5.74) is 3.12. The van der Waals surface area contributed by atoms with Crippen LogP contribution in [0.2, 0.25) is 0 Å². The van der Waals surface area contributed by atoms with Crippen molar-refractivity contribution in [2.45, 2.75) is 13.8 Å². The summed E-state index contributed by atoms with van der Waals surface area (Å²) in [5.74, 6) is 0.0207. The summed E-state index contributed by atoms with van der Waals surface area (Å²) in [6.07, 6.45) is 7.90. The van der Waals surface area contributed by atoms with Crippen LogP contribution in [0.1, 0.15) is 11.1 Å². The molecule has 0 saturated carbocycles. The van der Waals surface area contributed by atoms with E-state index in [2.05, 4.69) is 5.32 Å². The number of nitrogens with one attached hydrogen (secondary N) is 1. The maximum atomic E-state index is 12.0. The Balaban J connectivity index is 1.99. The molecule has 1 aromatic carbocycles. The number of carbonyl (C=O) groups excluding carboxylic acids is 1. The second-order valence-corrected chi connectivity index (χ2v) is 4.51. The van der Waals surface area contributed by atoms with E-state index in [4.69, 9.17) is 0 Å². The Hall–Kier alpha value is -2.03. The van der Waals surface area contributed by atoms with Crippen molar-refractivity contribution in [2.24, 2.45) is 0 Å². The number of aryl methyl sites for hydroxylation is 2. The predicted molar refractivity (Wildman–Crippen MR) is 74.4 cm³/mol. The van der Waals surface area contributed by atoms with Gasteiger partial charge in [0.25, 0.3) is 0 Å². The van der Waals surface area contributed by atoms with E-state index >= 15 is 0 Å². The van der Waals surface area contributed by atoms with E-state index in [1.165, 1.54) is 0 Å². The third-order valence-corrected chi connectivity index (χ3v) is 2.98. The third-order valence-electron chi connectivity index (χ3n) is 2.98. The van der Waals surface area contributed by atoms with Crippen molar-refractivity contribution in [1.29, 1.82) is 0 Å². The molecule has 1 aliphatic rings. The van der Waals surface area contributed by atoms with E-state index in [-0.39, 0.29) is 5.91 Å². The molecule has 1 aliphatic heterocycles. The smallest absolute Gasteiger partial charge is 0.243 e. The highest BCUT2D eigenvalue weighted by Crippen LogP contribution is 2.19. The number of nitrogens with zero attached hydrogens (tertiary/aromatic N) is 1. The zero-order chi connectivity index (χ0) is 13.0. The van der Waals surface area contributed by atoms with Gasteiger partial charge in [-0.25, -0.2) is 0 Å². The van der Waals surface area contributed by atoms with E-state index in [1.807, 2.05) is 61.4 Å². The highest BCUT2D eigenvalue weighted by Gasteiger charge is 2.10. The van der Waals surface area contributed by atoms with Crippen LogP contribution in [0.3, 0.4) is 0 Å². The minimum absolute atomic E-state index is 0.0207. The second-order valence-electron chi connectivity index (χ2n) is 4.51. The molecule has 1 aromatic rings. The number of benzene rings is 1. The van der Waals surface area contributed by atoms with Gasteiger partial charge in [-0.2, -0.15) is 0 Å². The maximum absolute atomic E-state index is 12.0. The monoisotopic (exact) mass is 242 g/mol. The molecule has 0 spiro atoms. The Labute approximate surface area is 108 Å². The van der Waals surface area contributed by atoms with E-state index in [9.17, 15) is 4.79 Å². The van der Waals surface area contributed by atoms with Crippen LogP contribution in [0.25, 0.3) is 0 Å². The van der Waals surface area contributed by atoms with E-state index in [0.717, 1.165) is 23.4 Å². The number of hydrogen-bond acceptors (Lipinski definition) is 2. The van der Waals surface area contributed by atoms with Gasteiger partial charge in [0.1, 0.15) is 0 Å². The first-order chi connectivity index (χ1) is 8.66. The molecule has 0 unspecified atom stereocenters. The zero-order valence-corrected chi connectivity index (χ0v) is 10.8. The fourth-order valence-corrected chi connectivity index (χ4v) is 2.00. The fraction of sp³-hybridized carbons (Fsp3) is 0.267. The number of rotatable bonds is 3. The average molecular weight is 242 g/mol. The lowest BCUT2D eigenvalue weighted by Gasteiger charge is -2.20. The molecular formula is C15H18N2O. The normalized spacial score (nSPS) is 13.8. The highest BCUT2D eigenvalue weighted by molar-refractivity contribution is 5.93. The van der Waals surface area contributed by atoms with Crippen LogP contribution >= 0.6 is 0 Å². The number of carbonyl (C=O) groups is 1. The summed E-state index contributed by atoms with van der Waals surface area (Å²) in [5, 5.41) is 2.99. The molecular weight excluding hydrogens is 224 g/mol. The molecule has 2 rings (SSSR count). The van der Waals surface area contributed by atoms with Gasteiger partial charge in [0.2, 0.25) is 5.91 Å². The molecule has 18 heavy (non-hydrogen) atoms. The average Bonchev–Trinajstić information content (AvgIpc) is 2.35. The van der Waals surface area contributed by atoms with Gasteiger partial charge in [-0.3, -0.25) is 4.79 Å². The van der Waals surface area contributed by atoms with Gasteiger partial charge in [0, 0.05) is 12.2 Å². The number of allylic oxidation sites excluding steroid dienone is 2. The van der Waals surface area contributed by atoms with Gasteiger partial charge in [0.05, 0.1) is 6.54 Å². The summed E-state index contributed by atoms with van der Waals surface area (Å²) in [6, 6.07) is 6.01. The zero-order valence-electron chi connectivity index (χ0n) is 10.8. The van der Waals surface area contributed by atoms with Gasteiger partial charge in [-0.1, -0.05) is 30.4 Å². The van der Waals surface area contributed by atoms with Gasteiger partial charge in [-0.05, 0) is 37.3 Å². The molecule has 0 bridgehead atoms. The molecule has 3 heteroatoms. The standard InChI is InChI=1S/C15H18N2O/c1-12-7-6-8-13(2)15(12)16-14(18)11-17-9-4-3-5-10-17/h3-9H,10-11H2,1-2H3,(H,16,18). The topological polar surface area (TPSA) is 32.3 Å². The molecule has 1 heterocycles. The first-order valence-corrected chi connectivity index (χ1v) is 6.10. The molecule has 0 fully saturated rings. The third kappa shape index (κ3) is 3.00. The van der Waals surface area contributed by atoms with Crippen molar-refractivity contribution in [2.75, 3.05) is 18.4 Å². The van der Waals surface area contributed by atoms with Crippen LogP contribution in [-0.4, -0.2) is 23.9 Å². The van der Waals surface area contributed by atoms with Crippen molar-refractivity contribution in [3.8, 4) is 0 Å². The SMILES string of the molecule is Cc1cccc(C)c1NC(=O)CN1C=CC=CC1. The Kier molecular flexibility index (Phi) is 3.82. The lowest BCUT2D eigenvalue weighted by atomic mass is 10.1. The minimum atomic E-state index is 0.0207. The molecule has 3 nitrogen and oxygen atoms in total. The van der Waals surface area contributed by atoms with Gasteiger partial charge < -0.3 is 10.2 Å². The molecule has 94 valence electrons. The summed E-state index contributed by atoms with van der Waals surface area (Å²) in [6.45, 7) is 5.18. The largest absolute Gasteiger partial charge is 0.364 e. The first kappa shape index (κ1) is 12.4. The second kappa shape index (κ2) is 5.54. The summed E-state index contributed by atoms with van der Waals surface area (Å²) >= 11 is 0. The number of amides is 1. The van der Waals surface area contributed by atoms with E-state index in [0.29, 0.717) is 6.54 Å². The number of para-hydroxylation sites is 1. The first-order valence-electron chi connectivity index (χ1n) is 6.10. The lowest BCUT2D eigenvalue weighted by Crippen LogP contribution is -2.30. The summed E-state index contributed by atoms with van der Waals surface area (Å²) in [7, 11) is 0. The molecule has 0 aliphatic carbocycles. The van der Waals surface area contributed by atoms with Crippen LogP contribution in [0.4, 0.5) is 5.69 Å².